The fourth-order valence-electron chi connectivity index (χ4n) is 3.56. The Kier molecular flexibility index (Phi) is 9.13. The van der Waals surface area contributed by atoms with E-state index >= 15 is 0 Å². The number of imidazole rings is 1. The minimum absolute atomic E-state index is 0.0108. The lowest BCUT2D eigenvalue weighted by Crippen LogP contribution is -2.43. The number of hydrazine groups is 1. The predicted molar refractivity (Wildman–Crippen MR) is 129 cm³/mol. The Labute approximate surface area is 210 Å². The molecule has 2 N–H and O–H groups in total. The van der Waals surface area contributed by atoms with Crippen LogP contribution in [-0.2, 0) is 9.59 Å². The molecule has 0 aliphatic heterocycles. The fraction of sp³-hybridized carbons (Fsp3) is 0.240. The van der Waals surface area contributed by atoms with E-state index in [0.717, 1.165) is 11.4 Å². The second kappa shape index (κ2) is 12.3. The number of alkyl halides is 1. The zero-order valence-electron chi connectivity index (χ0n) is 19.5. The van der Waals surface area contributed by atoms with Gasteiger partial charge in [-0.15, -0.1) is 11.6 Å². The van der Waals surface area contributed by atoms with Gasteiger partial charge in [-0.25, -0.2) is 18.2 Å². The number of aryl methyl sites for hydroxylation is 1. The van der Waals surface area contributed by atoms with Crippen molar-refractivity contribution in [1.29, 1.82) is 0 Å². The number of nitrogens with one attached hydrogen (secondary N) is 2. The number of ether oxygens (including phenoxy) is 1. The van der Waals surface area contributed by atoms with E-state index in [2.05, 4.69) is 15.8 Å². The number of halogens is 4. The van der Waals surface area contributed by atoms with Crippen molar-refractivity contribution in [3.05, 3.63) is 83.2 Å². The Morgan fingerprint density at radius 2 is 1.89 bits per heavy atom. The number of carbonyl (C=O) groups excluding carboxylic acids is 2. The normalized spacial score (nSPS) is 11.9. The van der Waals surface area contributed by atoms with Crippen molar-refractivity contribution in [3.8, 4) is 11.4 Å². The highest BCUT2D eigenvalue weighted by Crippen LogP contribution is 2.28. The summed E-state index contributed by atoms with van der Waals surface area (Å²) in [6.45, 7) is 1.87. The molecule has 1 heterocycles. The molecule has 190 valence electrons. The SMILES string of the molecule is COc1cc(C=CC(=O)NNC(=O)C(CCCCl)c2c(F)cc(F)cc2F)ccc1-n1cnc(C)c1. The molecule has 1 unspecified atom stereocenters. The predicted octanol–water partition coefficient (Wildman–Crippen LogP) is 4.57. The number of aromatic nitrogens is 2. The third-order valence-electron chi connectivity index (χ3n) is 5.26. The van der Waals surface area contributed by atoms with E-state index in [1.165, 1.54) is 19.3 Å². The molecule has 0 radical (unpaired) electrons. The Balaban J connectivity index is 1.67. The molecule has 3 rings (SSSR count). The summed E-state index contributed by atoms with van der Waals surface area (Å²) in [5.41, 5.74) is 5.98. The van der Waals surface area contributed by atoms with Gasteiger partial charge in [-0.3, -0.25) is 20.4 Å². The van der Waals surface area contributed by atoms with Crippen molar-refractivity contribution in [2.45, 2.75) is 25.7 Å². The smallest absolute Gasteiger partial charge is 0.262 e. The molecule has 0 saturated heterocycles. The Morgan fingerprint density at radius 3 is 2.50 bits per heavy atom. The van der Waals surface area contributed by atoms with Crippen LogP contribution >= 0.6 is 11.6 Å². The first kappa shape index (κ1) is 26.8. The summed E-state index contributed by atoms with van der Waals surface area (Å²) in [6, 6.07) is 6.27. The van der Waals surface area contributed by atoms with Crippen molar-refractivity contribution in [2.75, 3.05) is 13.0 Å². The number of hydrogen-bond acceptors (Lipinski definition) is 4. The van der Waals surface area contributed by atoms with Crippen molar-refractivity contribution in [2.24, 2.45) is 0 Å². The molecular weight excluding hydrogens is 497 g/mol. The first-order valence-electron chi connectivity index (χ1n) is 10.9. The number of hydrogen-bond donors (Lipinski definition) is 2. The minimum atomic E-state index is -1.32. The van der Waals surface area contributed by atoms with Crippen LogP contribution in [0.25, 0.3) is 11.8 Å². The maximum atomic E-state index is 14.2. The highest BCUT2D eigenvalue weighted by atomic mass is 35.5. The summed E-state index contributed by atoms with van der Waals surface area (Å²) in [6.07, 6.45) is 6.42. The third-order valence-corrected chi connectivity index (χ3v) is 5.53. The average Bonchev–Trinajstić information content (AvgIpc) is 3.28. The molecule has 0 fully saturated rings. The van der Waals surface area contributed by atoms with Crippen LogP contribution in [0.4, 0.5) is 13.2 Å². The molecule has 36 heavy (non-hydrogen) atoms. The lowest BCUT2D eigenvalue weighted by atomic mass is 9.92. The van der Waals surface area contributed by atoms with Crippen molar-refractivity contribution in [3.63, 3.8) is 0 Å². The quantitative estimate of drug-likeness (QED) is 0.246. The molecule has 3 aromatic rings. The summed E-state index contributed by atoms with van der Waals surface area (Å²) < 4.78 is 49.0. The van der Waals surface area contributed by atoms with Crippen LogP contribution < -0.4 is 15.6 Å². The topological polar surface area (TPSA) is 85.3 Å². The molecule has 1 atom stereocenters. The number of carbonyl (C=O) groups is 2. The Hall–Kier alpha value is -3.79. The van der Waals surface area contributed by atoms with Gasteiger partial charge in [0.15, 0.2) is 0 Å². The van der Waals surface area contributed by atoms with E-state index in [4.69, 9.17) is 16.3 Å². The molecule has 0 saturated carbocycles. The van der Waals surface area contributed by atoms with E-state index in [-0.39, 0.29) is 18.7 Å². The Morgan fingerprint density at radius 1 is 1.17 bits per heavy atom. The highest BCUT2D eigenvalue weighted by Gasteiger charge is 2.27. The molecule has 7 nitrogen and oxygen atoms in total. The molecule has 2 aromatic carbocycles. The van der Waals surface area contributed by atoms with Crippen molar-refractivity contribution < 1.29 is 27.5 Å². The molecule has 11 heteroatoms. The molecule has 0 bridgehead atoms. The molecule has 0 aliphatic rings. The van der Waals surface area contributed by atoms with E-state index in [1.807, 2.05) is 13.1 Å². The summed E-state index contributed by atoms with van der Waals surface area (Å²) in [7, 11) is 1.52. The molecular formula is C25H24ClF3N4O3. The maximum absolute atomic E-state index is 14.2. The molecule has 0 spiro atoms. The van der Waals surface area contributed by atoms with Crippen LogP contribution in [0.1, 0.15) is 35.6 Å². The van der Waals surface area contributed by atoms with Gasteiger partial charge < -0.3 is 9.30 Å². The number of rotatable bonds is 9. The maximum Gasteiger partial charge on any atom is 0.262 e. The van der Waals surface area contributed by atoms with E-state index < -0.39 is 40.7 Å². The summed E-state index contributed by atoms with van der Waals surface area (Å²) in [4.78, 5) is 29.1. The van der Waals surface area contributed by atoms with E-state index in [1.54, 1.807) is 29.1 Å². The average molecular weight is 521 g/mol. The van der Waals surface area contributed by atoms with Gasteiger partial charge in [-0.05, 0) is 43.5 Å². The summed E-state index contributed by atoms with van der Waals surface area (Å²) in [5, 5.41) is 0. The zero-order chi connectivity index (χ0) is 26.2. The van der Waals surface area contributed by atoms with Crippen LogP contribution in [0, 0.1) is 24.4 Å². The number of methoxy groups -OCH3 is 1. The number of amides is 2. The molecule has 2 amide bonds. The van der Waals surface area contributed by atoms with Crippen molar-refractivity contribution in [1.82, 2.24) is 20.4 Å². The van der Waals surface area contributed by atoms with Crippen molar-refractivity contribution >= 4 is 29.5 Å². The lowest BCUT2D eigenvalue weighted by Gasteiger charge is -2.18. The summed E-state index contributed by atoms with van der Waals surface area (Å²) in [5.74, 6) is -5.68. The van der Waals surface area contributed by atoms with Crippen LogP contribution in [0.2, 0.25) is 0 Å². The zero-order valence-corrected chi connectivity index (χ0v) is 20.3. The number of nitrogens with zero attached hydrogens (tertiary/aromatic N) is 2. The van der Waals surface area contributed by atoms with Crippen LogP contribution in [-0.4, -0.2) is 34.4 Å². The third kappa shape index (κ3) is 6.66. The van der Waals surface area contributed by atoms with E-state index in [0.29, 0.717) is 23.4 Å². The first-order valence-corrected chi connectivity index (χ1v) is 11.4. The lowest BCUT2D eigenvalue weighted by molar-refractivity contribution is -0.128. The van der Waals surface area contributed by atoms with E-state index in [9.17, 15) is 22.8 Å². The first-order chi connectivity index (χ1) is 17.2. The molecule has 1 aromatic heterocycles. The van der Waals surface area contributed by atoms with Gasteiger partial charge in [-0.2, -0.15) is 0 Å². The Bertz CT molecular complexity index is 1260. The van der Waals surface area contributed by atoms with Gasteiger partial charge >= 0.3 is 0 Å². The van der Waals surface area contributed by atoms with Gasteiger partial charge in [0.1, 0.15) is 23.2 Å². The van der Waals surface area contributed by atoms with Gasteiger partial charge in [0.25, 0.3) is 5.91 Å². The summed E-state index contributed by atoms with van der Waals surface area (Å²) >= 11 is 5.67. The molecule has 0 aliphatic carbocycles. The monoisotopic (exact) mass is 520 g/mol. The van der Waals surface area contributed by atoms with Gasteiger partial charge in [-0.1, -0.05) is 6.07 Å². The highest BCUT2D eigenvalue weighted by molar-refractivity contribution is 6.17. The minimum Gasteiger partial charge on any atom is -0.495 e. The fourth-order valence-corrected chi connectivity index (χ4v) is 3.72. The van der Waals surface area contributed by atoms with Crippen LogP contribution in [0.5, 0.6) is 5.75 Å². The largest absolute Gasteiger partial charge is 0.495 e. The van der Waals surface area contributed by atoms with Gasteiger partial charge in [0.05, 0.1) is 30.7 Å². The standard InChI is InChI=1S/C25H24ClF3N4O3/c1-15-13-33(14-30-15)21-7-5-16(10-22(21)36-2)6-8-23(34)31-32-25(35)18(4-3-9-26)24-19(28)11-17(27)12-20(24)29/h5-8,10-14,18H,3-4,9H2,1-2H3,(H,31,34)(H,32,35). The second-order valence-electron chi connectivity index (χ2n) is 7.83. The number of benzene rings is 2. The van der Waals surface area contributed by atoms with Crippen LogP contribution in [0.3, 0.4) is 0 Å². The van der Waals surface area contributed by atoms with Gasteiger partial charge in [0.2, 0.25) is 5.91 Å². The van der Waals surface area contributed by atoms with Gasteiger partial charge in [0, 0.05) is 35.8 Å². The van der Waals surface area contributed by atoms with Crippen LogP contribution in [0.15, 0.2) is 48.9 Å². The second-order valence-corrected chi connectivity index (χ2v) is 8.21.